The number of nitrogens with two attached hydrogens (primary N) is 1. The van der Waals surface area contributed by atoms with Crippen molar-refractivity contribution in [2.75, 3.05) is 5.73 Å². The zero-order valence-electron chi connectivity index (χ0n) is 16.2. The standard InChI is InChI=1S/C24H16N4O3/c25-14-16-6-4-15(5-7-16)8-11-22-27-21-13-18(26)9-10-20(21)23(29)28(22)19-3-1-2-17(12-19)24(30)31/h1-13H,26H2,(H,30,31)/b11-8+. The molecule has 7 heteroatoms. The summed E-state index contributed by atoms with van der Waals surface area (Å²) in [6, 6.07) is 20.0. The Kier molecular flexibility index (Phi) is 5.04. The molecule has 4 aromatic rings. The summed E-state index contributed by atoms with van der Waals surface area (Å²) in [5.41, 5.74) is 8.23. The summed E-state index contributed by atoms with van der Waals surface area (Å²) >= 11 is 0. The number of nitrogens with zero attached hydrogens (tertiary/aromatic N) is 3. The summed E-state index contributed by atoms with van der Waals surface area (Å²) < 4.78 is 1.37. The van der Waals surface area contributed by atoms with E-state index >= 15 is 0 Å². The van der Waals surface area contributed by atoms with Crippen LogP contribution in [0.3, 0.4) is 0 Å². The molecule has 3 aromatic carbocycles. The number of nitriles is 1. The zero-order chi connectivity index (χ0) is 22.0. The fourth-order valence-electron chi connectivity index (χ4n) is 3.20. The van der Waals surface area contributed by atoms with Gasteiger partial charge in [-0.2, -0.15) is 5.26 Å². The first-order valence-corrected chi connectivity index (χ1v) is 9.30. The first-order chi connectivity index (χ1) is 15.0. The van der Waals surface area contributed by atoms with E-state index in [2.05, 4.69) is 11.1 Å². The van der Waals surface area contributed by atoms with Gasteiger partial charge in [0.15, 0.2) is 0 Å². The highest BCUT2D eigenvalue weighted by atomic mass is 16.4. The fourth-order valence-corrected chi connectivity index (χ4v) is 3.20. The van der Waals surface area contributed by atoms with Crippen LogP contribution in [-0.2, 0) is 0 Å². The lowest BCUT2D eigenvalue weighted by Gasteiger charge is -2.12. The second kappa shape index (κ2) is 7.97. The van der Waals surface area contributed by atoms with Crippen LogP contribution in [0.4, 0.5) is 5.69 Å². The summed E-state index contributed by atoms with van der Waals surface area (Å²) in [4.78, 5) is 29.3. The van der Waals surface area contributed by atoms with E-state index in [1.807, 2.05) is 0 Å². The Hall–Kier alpha value is -4.70. The molecule has 4 rings (SSSR count). The third-order valence-corrected chi connectivity index (χ3v) is 4.74. The van der Waals surface area contributed by atoms with Crippen molar-refractivity contribution in [3.05, 3.63) is 99.6 Å². The summed E-state index contributed by atoms with van der Waals surface area (Å²) in [6.45, 7) is 0. The number of aromatic nitrogens is 2. The molecule has 150 valence electrons. The molecule has 0 unspecified atom stereocenters. The van der Waals surface area contributed by atoms with E-state index in [-0.39, 0.29) is 11.1 Å². The lowest BCUT2D eigenvalue weighted by atomic mass is 10.1. The van der Waals surface area contributed by atoms with Gasteiger partial charge < -0.3 is 10.8 Å². The van der Waals surface area contributed by atoms with Crippen molar-refractivity contribution in [1.82, 2.24) is 9.55 Å². The van der Waals surface area contributed by atoms with E-state index in [9.17, 15) is 14.7 Å². The summed E-state index contributed by atoms with van der Waals surface area (Å²) in [5.74, 6) is -0.777. The maximum atomic E-state index is 13.3. The predicted octanol–water partition coefficient (Wildman–Crippen LogP) is 3.71. The number of anilines is 1. The van der Waals surface area contributed by atoms with Gasteiger partial charge in [-0.05, 0) is 60.2 Å². The number of aromatic carboxylic acids is 1. The minimum absolute atomic E-state index is 0.0591. The van der Waals surface area contributed by atoms with Crippen LogP contribution in [0.5, 0.6) is 0 Å². The van der Waals surface area contributed by atoms with Crippen LogP contribution in [0.1, 0.15) is 27.3 Å². The van der Waals surface area contributed by atoms with Crippen LogP contribution < -0.4 is 11.3 Å². The van der Waals surface area contributed by atoms with Crippen LogP contribution in [0, 0.1) is 11.3 Å². The van der Waals surface area contributed by atoms with Crippen LogP contribution in [0.2, 0.25) is 0 Å². The molecule has 0 atom stereocenters. The molecule has 31 heavy (non-hydrogen) atoms. The van der Waals surface area contributed by atoms with Gasteiger partial charge in [0, 0.05) is 5.69 Å². The van der Waals surface area contributed by atoms with Crippen molar-refractivity contribution in [3.63, 3.8) is 0 Å². The third-order valence-electron chi connectivity index (χ3n) is 4.74. The highest BCUT2D eigenvalue weighted by Crippen LogP contribution is 2.18. The van der Waals surface area contributed by atoms with Crippen LogP contribution >= 0.6 is 0 Å². The van der Waals surface area contributed by atoms with E-state index in [0.717, 1.165) is 5.56 Å². The lowest BCUT2D eigenvalue weighted by molar-refractivity contribution is 0.0697. The zero-order valence-corrected chi connectivity index (χ0v) is 16.2. The molecule has 3 N–H and O–H groups in total. The second-order valence-corrected chi connectivity index (χ2v) is 6.81. The van der Waals surface area contributed by atoms with Gasteiger partial charge in [-0.15, -0.1) is 0 Å². The van der Waals surface area contributed by atoms with E-state index < -0.39 is 5.97 Å². The molecule has 0 aliphatic heterocycles. The topological polar surface area (TPSA) is 122 Å². The van der Waals surface area contributed by atoms with Crippen LogP contribution in [0.25, 0.3) is 28.7 Å². The van der Waals surface area contributed by atoms with E-state index in [4.69, 9.17) is 11.0 Å². The minimum atomic E-state index is -1.09. The maximum Gasteiger partial charge on any atom is 0.335 e. The smallest absolute Gasteiger partial charge is 0.335 e. The molecular formula is C24H16N4O3. The molecule has 0 spiro atoms. The molecule has 7 nitrogen and oxygen atoms in total. The average molecular weight is 408 g/mol. The quantitative estimate of drug-likeness (QED) is 0.497. The second-order valence-electron chi connectivity index (χ2n) is 6.81. The Bertz CT molecular complexity index is 1440. The molecule has 0 aliphatic carbocycles. The normalized spacial score (nSPS) is 10.9. The molecule has 0 saturated heterocycles. The largest absolute Gasteiger partial charge is 0.478 e. The highest BCUT2D eigenvalue weighted by molar-refractivity contribution is 5.88. The molecule has 0 radical (unpaired) electrons. The molecule has 0 aliphatic rings. The molecule has 1 aromatic heterocycles. The number of carbonyl (C=O) groups is 1. The lowest BCUT2D eigenvalue weighted by Crippen LogP contribution is -2.22. The molecular weight excluding hydrogens is 392 g/mol. The molecule has 0 amide bonds. The maximum absolute atomic E-state index is 13.3. The van der Waals surface area contributed by atoms with E-state index in [1.54, 1.807) is 66.7 Å². The van der Waals surface area contributed by atoms with Gasteiger partial charge in [-0.1, -0.05) is 24.3 Å². The predicted molar refractivity (Wildman–Crippen MR) is 119 cm³/mol. The van der Waals surface area contributed by atoms with Crippen molar-refractivity contribution in [3.8, 4) is 11.8 Å². The number of nitrogen functional groups attached to an aromatic ring is 1. The highest BCUT2D eigenvalue weighted by Gasteiger charge is 2.13. The van der Waals surface area contributed by atoms with Crippen LogP contribution in [-0.4, -0.2) is 20.6 Å². The van der Waals surface area contributed by atoms with Crippen LogP contribution in [0.15, 0.2) is 71.5 Å². The Labute approximate surface area is 176 Å². The number of fused-ring (bicyclic) bond motifs is 1. The van der Waals surface area contributed by atoms with Crippen molar-refractivity contribution in [1.29, 1.82) is 5.26 Å². The fraction of sp³-hybridized carbons (Fsp3) is 0. The van der Waals surface area contributed by atoms with Gasteiger partial charge in [0.05, 0.1) is 33.8 Å². The Morgan fingerprint density at radius 1 is 1.06 bits per heavy atom. The number of carboxylic acids is 1. The van der Waals surface area contributed by atoms with Gasteiger partial charge in [-0.25, -0.2) is 9.78 Å². The Morgan fingerprint density at radius 3 is 2.55 bits per heavy atom. The van der Waals surface area contributed by atoms with Gasteiger partial charge >= 0.3 is 5.97 Å². The Balaban J connectivity index is 1.93. The van der Waals surface area contributed by atoms with E-state index in [1.165, 1.54) is 16.7 Å². The van der Waals surface area contributed by atoms with E-state index in [0.29, 0.717) is 33.7 Å². The monoisotopic (exact) mass is 408 g/mol. The SMILES string of the molecule is N#Cc1ccc(/C=C/c2nc3cc(N)ccc3c(=O)n2-c2cccc(C(=O)O)c2)cc1. The number of rotatable bonds is 4. The number of hydrogen-bond donors (Lipinski definition) is 2. The van der Waals surface area contributed by atoms with Crippen molar-refractivity contribution < 1.29 is 9.90 Å². The molecule has 0 fully saturated rings. The summed E-state index contributed by atoms with van der Waals surface area (Å²) in [7, 11) is 0. The number of benzene rings is 3. The first-order valence-electron chi connectivity index (χ1n) is 9.30. The van der Waals surface area contributed by atoms with Crippen molar-refractivity contribution in [2.45, 2.75) is 0 Å². The summed E-state index contributed by atoms with van der Waals surface area (Å²) in [5, 5.41) is 18.6. The van der Waals surface area contributed by atoms with Gasteiger partial charge in [-0.3, -0.25) is 9.36 Å². The Morgan fingerprint density at radius 2 is 1.84 bits per heavy atom. The van der Waals surface area contributed by atoms with Gasteiger partial charge in [0.1, 0.15) is 5.82 Å². The van der Waals surface area contributed by atoms with Gasteiger partial charge in [0.2, 0.25) is 0 Å². The van der Waals surface area contributed by atoms with Crippen molar-refractivity contribution in [2.24, 2.45) is 0 Å². The first kappa shape index (κ1) is 19.6. The average Bonchev–Trinajstić information content (AvgIpc) is 2.78. The van der Waals surface area contributed by atoms with Gasteiger partial charge in [0.25, 0.3) is 5.56 Å². The third kappa shape index (κ3) is 3.91. The molecule has 1 heterocycles. The number of carboxylic acid groups (broad SMARTS) is 1. The summed E-state index contributed by atoms with van der Waals surface area (Å²) in [6.07, 6.45) is 3.43. The number of hydrogen-bond acceptors (Lipinski definition) is 5. The molecule has 0 saturated carbocycles. The molecule has 0 bridgehead atoms. The minimum Gasteiger partial charge on any atom is -0.478 e. The van der Waals surface area contributed by atoms with Crippen molar-refractivity contribution >= 4 is 34.7 Å².